The summed E-state index contributed by atoms with van der Waals surface area (Å²) >= 11 is 0. The highest BCUT2D eigenvalue weighted by Gasteiger charge is 2.21. The van der Waals surface area contributed by atoms with Crippen molar-refractivity contribution in [2.45, 2.75) is 43.0 Å². The molecule has 2 aliphatic rings. The zero-order valence-corrected chi connectivity index (χ0v) is 14.2. The van der Waals surface area contributed by atoms with Crippen molar-refractivity contribution in [3.05, 3.63) is 18.2 Å². The van der Waals surface area contributed by atoms with E-state index in [-0.39, 0.29) is 23.4 Å². The van der Waals surface area contributed by atoms with Crippen LogP contribution in [0.5, 0.6) is 11.5 Å². The Hall–Kier alpha value is -1.80. The number of rotatable bonds is 5. The number of amides is 1. The average molecular weight is 354 g/mol. The molecule has 0 unspecified atom stereocenters. The monoisotopic (exact) mass is 354 g/mol. The van der Waals surface area contributed by atoms with E-state index in [9.17, 15) is 13.2 Å². The van der Waals surface area contributed by atoms with Crippen molar-refractivity contribution >= 4 is 15.9 Å². The van der Waals surface area contributed by atoms with Gasteiger partial charge in [0.25, 0.3) is 0 Å². The molecule has 1 saturated carbocycles. The van der Waals surface area contributed by atoms with Crippen molar-refractivity contribution in [3.63, 3.8) is 0 Å². The van der Waals surface area contributed by atoms with Gasteiger partial charge in [0.05, 0.1) is 11.4 Å². The van der Waals surface area contributed by atoms with Gasteiger partial charge < -0.3 is 14.8 Å². The molecule has 2 N–H and O–H groups in total. The largest absolute Gasteiger partial charge is 0.486 e. The summed E-state index contributed by atoms with van der Waals surface area (Å²) in [7, 11) is -3.78. The lowest BCUT2D eigenvalue weighted by molar-refractivity contribution is -0.120. The van der Waals surface area contributed by atoms with Crippen LogP contribution in [-0.2, 0) is 14.8 Å². The van der Waals surface area contributed by atoms with Crippen molar-refractivity contribution in [2.75, 3.05) is 19.8 Å². The van der Waals surface area contributed by atoms with E-state index in [4.69, 9.17) is 9.47 Å². The molecule has 1 aromatic rings. The van der Waals surface area contributed by atoms with Gasteiger partial charge in [-0.15, -0.1) is 0 Å². The number of nitrogens with one attached hydrogen (secondary N) is 2. The summed E-state index contributed by atoms with van der Waals surface area (Å²) in [6.07, 6.45) is 5.33. The lowest BCUT2D eigenvalue weighted by atomic mass is 9.95. The van der Waals surface area contributed by atoms with Crippen LogP contribution in [0, 0.1) is 0 Å². The molecule has 0 radical (unpaired) electrons. The normalized spacial score (nSPS) is 18.2. The van der Waals surface area contributed by atoms with E-state index in [2.05, 4.69) is 10.0 Å². The van der Waals surface area contributed by atoms with Gasteiger partial charge in [-0.3, -0.25) is 4.79 Å². The van der Waals surface area contributed by atoms with E-state index in [1.807, 2.05) is 0 Å². The highest BCUT2D eigenvalue weighted by atomic mass is 32.2. The Labute approximate surface area is 141 Å². The van der Waals surface area contributed by atoms with Crippen molar-refractivity contribution in [1.82, 2.24) is 10.0 Å². The third-order valence-corrected chi connectivity index (χ3v) is 5.62. The lowest BCUT2D eigenvalue weighted by Crippen LogP contribution is -2.42. The van der Waals surface area contributed by atoms with Crippen molar-refractivity contribution < 1.29 is 22.7 Å². The molecule has 0 bridgehead atoms. The minimum atomic E-state index is -3.78. The number of sulfonamides is 1. The molecular formula is C16H22N2O5S. The number of ether oxygens (including phenoxy) is 2. The van der Waals surface area contributed by atoms with E-state index in [1.165, 1.54) is 18.6 Å². The van der Waals surface area contributed by atoms with Gasteiger partial charge in [0.2, 0.25) is 15.9 Å². The minimum absolute atomic E-state index is 0.0530. The Morgan fingerprint density at radius 1 is 1.08 bits per heavy atom. The fourth-order valence-corrected chi connectivity index (χ4v) is 3.96. The number of fused-ring (bicyclic) bond motifs is 1. The summed E-state index contributed by atoms with van der Waals surface area (Å²) < 4.78 is 37.7. The molecule has 8 heteroatoms. The molecule has 0 saturated heterocycles. The smallest absolute Gasteiger partial charge is 0.241 e. The average Bonchev–Trinajstić information content (AvgIpc) is 2.60. The van der Waals surface area contributed by atoms with Gasteiger partial charge in [-0.1, -0.05) is 19.3 Å². The van der Waals surface area contributed by atoms with Crippen LogP contribution in [0.2, 0.25) is 0 Å². The summed E-state index contributed by atoms with van der Waals surface area (Å²) in [4.78, 5) is 12.0. The van der Waals surface area contributed by atoms with E-state index in [1.54, 1.807) is 6.07 Å². The highest BCUT2D eigenvalue weighted by molar-refractivity contribution is 7.89. The number of benzene rings is 1. The second-order valence-corrected chi connectivity index (χ2v) is 7.80. The number of hydrogen-bond acceptors (Lipinski definition) is 5. The van der Waals surface area contributed by atoms with Gasteiger partial charge in [-0.2, -0.15) is 0 Å². The van der Waals surface area contributed by atoms with Crippen molar-refractivity contribution in [2.24, 2.45) is 0 Å². The molecule has 1 heterocycles. The molecule has 1 aliphatic carbocycles. The second kappa shape index (κ2) is 7.40. The molecule has 132 valence electrons. The predicted octanol–water partition coefficient (Wildman–Crippen LogP) is 1.18. The maximum Gasteiger partial charge on any atom is 0.241 e. The van der Waals surface area contributed by atoms with Crippen LogP contribution >= 0.6 is 0 Å². The first-order chi connectivity index (χ1) is 11.5. The summed E-state index contributed by atoms with van der Waals surface area (Å²) in [5, 5.41) is 2.88. The van der Waals surface area contributed by atoms with Crippen LogP contribution in [0.25, 0.3) is 0 Å². The zero-order chi connectivity index (χ0) is 17.0. The molecule has 24 heavy (non-hydrogen) atoms. The zero-order valence-electron chi connectivity index (χ0n) is 13.4. The molecule has 1 aromatic carbocycles. The Balaban J connectivity index is 1.58. The van der Waals surface area contributed by atoms with Crippen LogP contribution in [0.4, 0.5) is 0 Å². The summed E-state index contributed by atoms with van der Waals surface area (Å²) in [6.45, 7) is 0.555. The number of carbonyl (C=O) groups is 1. The fraction of sp³-hybridized carbons (Fsp3) is 0.562. The first kappa shape index (κ1) is 17.0. The lowest BCUT2D eigenvalue weighted by Gasteiger charge is -2.22. The summed E-state index contributed by atoms with van der Waals surface area (Å²) in [6, 6.07) is 4.57. The Morgan fingerprint density at radius 2 is 1.79 bits per heavy atom. The van der Waals surface area contributed by atoms with Gasteiger partial charge in [0.15, 0.2) is 11.5 Å². The maximum absolute atomic E-state index is 12.3. The van der Waals surface area contributed by atoms with Crippen LogP contribution in [0.3, 0.4) is 0 Å². The molecule has 1 fully saturated rings. The summed E-state index contributed by atoms with van der Waals surface area (Å²) in [5.74, 6) is 0.619. The van der Waals surface area contributed by atoms with Crippen LogP contribution < -0.4 is 19.5 Å². The second-order valence-electron chi connectivity index (χ2n) is 6.03. The number of hydrogen-bond donors (Lipinski definition) is 2. The third kappa shape index (κ3) is 4.18. The molecule has 0 aromatic heterocycles. The molecule has 7 nitrogen and oxygen atoms in total. The summed E-state index contributed by atoms with van der Waals surface area (Å²) in [5.41, 5.74) is 0. The van der Waals surface area contributed by atoms with Crippen molar-refractivity contribution in [3.8, 4) is 11.5 Å². The van der Waals surface area contributed by atoms with Gasteiger partial charge in [0, 0.05) is 12.1 Å². The van der Waals surface area contributed by atoms with Gasteiger partial charge in [-0.25, -0.2) is 13.1 Å². The standard InChI is InChI=1S/C16H22N2O5S/c19-16(18-12-4-2-1-3-5-12)11-17-24(20,21)13-6-7-14-15(10-13)23-9-8-22-14/h6-7,10,12,17H,1-5,8-9,11H2,(H,18,19). The van der Waals surface area contributed by atoms with E-state index >= 15 is 0 Å². The van der Waals surface area contributed by atoms with E-state index in [0.717, 1.165) is 25.7 Å². The van der Waals surface area contributed by atoms with Gasteiger partial charge in [0.1, 0.15) is 13.2 Å². The van der Waals surface area contributed by atoms with E-state index in [0.29, 0.717) is 24.7 Å². The van der Waals surface area contributed by atoms with Crippen LogP contribution in [0.15, 0.2) is 23.1 Å². The highest BCUT2D eigenvalue weighted by Crippen LogP contribution is 2.32. The molecule has 0 spiro atoms. The fourth-order valence-electron chi connectivity index (χ4n) is 2.96. The van der Waals surface area contributed by atoms with Gasteiger partial charge in [-0.05, 0) is 25.0 Å². The van der Waals surface area contributed by atoms with Crippen LogP contribution in [-0.4, -0.2) is 40.1 Å². The first-order valence-electron chi connectivity index (χ1n) is 8.23. The maximum atomic E-state index is 12.3. The van der Waals surface area contributed by atoms with Crippen LogP contribution in [0.1, 0.15) is 32.1 Å². The Bertz CT molecular complexity index is 698. The first-order valence-corrected chi connectivity index (χ1v) is 9.71. The minimum Gasteiger partial charge on any atom is -0.486 e. The predicted molar refractivity (Wildman–Crippen MR) is 87.6 cm³/mol. The Kier molecular flexibility index (Phi) is 5.25. The topological polar surface area (TPSA) is 93.7 Å². The molecule has 1 amide bonds. The van der Waals surface area contributed by atoms with Gasteiger partial charge >= 0.3 is 0 Å². The number of carbonyl (C=O) groups excluding carboxylic acids is 1. The molecule has 3 rings (SSSR count). The molecule has 0 atom stereocenters. The quantitative estimate of drug-likeness (QED) is 0.828. The van der Waals surface area contributed by atoms with Crippen molar-refractivity contribution in [1.29, 1.82) is 0 Å². The SMILES string of the molecule is O=C(CNS(=O)(=O)c1ccc2c(c1)OCCO2)NC1CCCCC1. The molecular weight excluding hydrogens is 332 g/mol. The van der Waals surface area contributed by atoms with E-state index < -0.39 is 10.0 Å². The third-order valence-electron chi connectivity index (χ3n) is 4.22. The Morgan fingerprint density at radius 3 is 2.54 bits per heavy atom. The molecule has 1 aliphatic heterocycles.